The Morgan fingerprint density at radius 3 is 2.25 bits per heavy atom. The molecule has 0 aliphatic carbocycles. The van der Waals surface area contributed by atoms with Gasteiger partial charge >= 0.3 is 12.2 Å². The lowest BCUT2D eigenvalue weighted by atomic mass is 10.2. The molecule has 0 bridgehead atoms. The van der Waals surface area contributed by atoms with E-state index in [1.807, 2.05) is 0 Å². The number of anilines is 2. The second kappa shape index (κ2) is 9.85. The quantitative estimate of drug-likeness (QED) is 0.362. The topological polar surface area (TPSA) is 92.4 Å². The van der Waals surface area contributed by atoms with Gasteiger partial charge in [-0.05, 0) is 71.1 Å². The summed E-state index contributed by atoms with van der Waals surface area (Å²) in [5, 5.41) is 7.38. The number of hydrogen-bond donors (Lipinski definition) is 3. The molecule has 0 atom stereocenters. The number of aromatic nitrogens is 1. The molecule has 7 nitrogen and oxygen atoms in total. The first-order valence-corrected chi connectivity index (χ1v) is 10.1. The fourth-order valence-corrected chi connectivity index (χ4v) is 3.22. The summed E-state index contributed by atoms with van der Waals surface area (Å²) >= 11 is 1.59. The highest BCUT2D eigenvalue weighted by Crippen LogP contribution is 2.34. The molecule has 1 aromatic heterocycles. The maximum absolute atomic E-state index is 13.0. The van der Waals surface area contributed by atoms with Crippen molar-refractivity contribution in [1.29, 1.82) is 0 Å². The molecule has 1 heterocycles. The standard InChI is InChI=1S/C21H16F3IN4O3/c1-26-19(30)18-11-15(8-9-27-18)32-14-5-2-12(3-6-14)28-20(31)29-13-4-7-17(25)16(10-13)21(22,23)24/h2-11H,1H3,(H,26,30)(H2,28,29,31). The number of benzene rings is 2. The molecule has 3 aromatic rings. The molecular weight excluding hydrogens is 540 g/mol. The summed E-state index contributed by atoms with van der Waals surface area (Å²) in [6, 6.07) is 12.2. The second-order valence-electron chi connectivity index (χ2n) is 6.35. The Balaban J connectivity index is 1.62. The van der Waals surface area contributed by atoms with Crippen molar-refractivity contribution in [3.63, 3.8) is 0 Å². The summed E-state index contributed by atoms with van der Waals surface area (Å²) < 4.78 is 44.8. The van der Waals surface area contributed by atoms with Crippen molar-refractivity contribution in [2.75, 3.05) is 17.7 Å². The first kappa shape index (κ1) is 23.3. The first-order chi connectivity index (χ1) is 15.2. The SMILES string of the molecule is CNC(=O)c1cc(Oc2ccc(NC(=O)Nc3ccc(I)c(C(F)(F)F)c3)cc2)ccn1. The molecule has 2 aromatic carbocycles. The average molecular weight is 556 g/mol. The van der Waals surface area contributed by atoms with E-state index >= 15 is 0 Å². The lowest BCUT2D eigenvalue weighted by Gasteiger charge is -2.13. The van der Waals surface area contributed by atoms with Gasteiger partial charge in [-0.1, -0.05) is 0 Å². The number of amides is 3. The Kier molecular flexibility index (Phi) is 7.18. The van der Waals surface area contributed by atoms with Gasteiger partial charge in [-0.25, -0.2) is 4.79 Å². The number of nitrogens with zero attached hydrogens (tertiary/aromatic N) is 1. The third kappa shape index (κ3) is 6.09. The minimum atomic E-state index is -4.52. The van der Waals surface area contributed by atoms with E-state index in [1.165, 1.54) is 31.4 Å². The number of carbonyl (C=O) groups excluding carboxylic acids is 2. The molecular formula is C21H16F3IN4O3. The van der Waals surface area contributed by atoms with Crippen LogP contribution < -0.4 is 20.7 Å². The number of rotatable bonds is 5. The maximum atomic E-state index is 13.0. The third-order valence-electron chi connectivity index (χ3n) is 4.07. The first-order valence-electron chi connectivity index (χ1n) is 9.06. The molecule has 0 saturated carbocycles. The van der Waals surface area contributed by atoms with E-state index < -0.39 is 17.8 Å². The van der Waals surface area contributed by atoms with Gasteiger partial charge in [-0.2, -0.15) is 13.2 Å². The fourth-order valence-electron chi connectivity index (χ4n) is 2.58. The van der Waals surface area contributed by atoms with Crippen molar-refractivity contribution < 1.29 is 27.5 Å². The van der Waals surface area contributed by atoms with Crippen LogP contribution in [0.1, 0.15) is 16.1 Å². The number of hydrogen-bond acceptors (Lipinski definition) is 4. The van der Waals surface area contributed by atoms with E-state index in [2.05, 4.69) is 20.9 Å². The zero-order valence-electron chi connectivity index (χ0n) is 16.5. The van der Waals surface area contributed by atoms with Crippen LogP contribution in [0.4, 0.5) is 29.3 Å². The van der Waals surface area contributed by atoms with E-state index in [-0.39, 0.29) is 20.9 Å². The van der Waals surface area contributed by atoms with Gasteiger partial charge in [0.2, 0.25) is 0 Å². The number of alkyl halides is 3. The molecule has 0 aliphatic rings. The molecule has 0 aliphatic heterocycles. The highest BCUT2D eigenvalue weighted by molar-refractivity contribution is 14.1. The summed E-state index contributed by atoms with van der Waals surface area (Å²) in [5.41, 5.74) is -0.214. The van der Waals surface area contributed by atoms with Crippen molar-refractivity contribution in [3.05, 3.63) is 75.6 Å². The minimum absolute atomic E-state index is 0.0137. The van der Waals surface area contributed by atoms with Crippen molar-refractivity contribution in [2.24, 2.45) is 0 Å². The molecule has 0 radical (unpaired) electrons. The minimum Gasteiger partial charge on any atom is -0.457 e. The highest BCUT2D eigenvalue weighted by Gasteiger charge is 2.33. The molecule has 11 heteroatoms. The largest absolute Gasteiger partial charge is 0.457 e. The number of halogens is 4. The lowest BCUT2D eigenvalue weighted by molar-refractivity contribution is -0.138. The van der Waals surface area contributed by atoms with Crippen LogP contribution >= 0.6 is 22.6 Å². The summed E-state index contributed by atoms with van der Waals surface area (Å²) in [6.45, 7) is 0. The molecule has 3 N–H and O–H groups in total. The van der Waals surface area contributed by atoms with E-state index in [9.17, 15) is 22.8 Å². The van der Waals surface area contributed by atoms with Crippen LogP contribution in [-0.4, -0.2) is 24.0 Å². The van der Waals surface area contributed by atoms with Gasteiger partial charge in [0.1, 0.15) is 17.2 Å². The van der Waals surface area contributed by atoms with Crippen LogP contribution in [0.25, 0.3) is 0 Å². The van der Waals surface area contributed by atoms with Crippen LogP contribution in [-0.2, 0) is 6.18 Å². The molecule has 3 amide bonds. The lowest BCUT2D eigenvalue weighted by Crippen LogP contribution is -2.20. The van der Waals surface area contributed by atoms with Gasteiger partial charge in [0.05, 0.1) is 5.56 Å². The summed E-state index contributed by atoms with van der Waals surface area (Å²) in [7, 11) is 1.49. The van der Waals surface area contributed by atoms with Gasteiger partial charge < -0.3 is 20.7 Å². The number of ether oxygens (including phenoxy) is 1. The Hall–Kier alpha value is -3.35. The smallest absolute Gasteiger partial charge is 0.417 e. The molecule has 0 fully saturated rings. The number of pyridine rings is 1. The second-order valence-corrected chi connectivity index (χ2v) is 7.52. The third-order valence-corrected chi connectivity index (χ3v) is 5.01. The average Bonchev–Trinajstić information content (AvgIpc) is 2.75. The summed E-state index contributed by atoms with van der Waals surface area (Å²) in [4.78, 5) is 27.7. The fraction of sp³-hybridized carbons (Fsp3) is 0.0952. The Morgan fingerprint density at radius 1 is 0.938 bits per heavy atom. The maximum Gasteiger partial charge on any atom is 0.417 e. The van der Waals surface area contributed by atoms with Gasteiger partial charge in [-0.15, -0.1) is 0 Å². The predicted molar refractivity (Wildman–Crippen MR) is 121 cm³/mol. The van der Waals surface area contributed by atoms with Crippen LogP contribution in [0, 0.1) is 3.57 Å². The van der Waals surface area contributed by atoms with Gasteiger partial charge in [-0.3, -0.25) is 9.78 Å². The number of urea groups is 1. The monoisotopic (exact) mass is 556 g/mol. The van der Waals surface area contributed by atoms with Crippen molar-refractivity contribution in [2.45, 2.75) is 6.18 Å². The Morgan fingerprint density at radius 2 is 1.59 bits per heavy atom. The van der Waals surface area contributed by atoms with E-state index in [1.54, 1.807) is 52.9 Å². The summed E-state index contributed by atoms with van der Waals surface area (Å²) in [5.74, 6) is 0.491. The van der Waals surface area contributed by atoms with Gasteiger partial charge in [0, 0.05) is 34.3 Å². The van der Waals surface area contributed by atoms with Crippen molar-refractivity contribution >= 4 is 45.9 Å². The molecule has 166 valence electrons. The molecule has 3 rings (SSSR count). The molecule has 32 heavy (non-hydrogen) atoms. The Labute approximate surface area is 194 Å². The number of nitrogens with one attached hydrogen (secondary N) is 3. The normalized spacial score (nSPS) is 10.9. The van der Waals surface area contributed by atoms with Crippen molar-refractivity contribution in [1.82, 2.24) is 10.3 Å². The molecule has 0 spiro atoms. The van der Waals surface area contributed by atoms with E-state index in [0.717, 1.165) is 6.07 Å². The molecule has 0 unspecified atom stereocenters. The van der Waals surface area contributed by atoms with Crippen LogP contribution in [0.2, 0.25) is 0 Å². The zero-order chi connectivity index (χ0) is 23.3. The number of carbonyl (C=O) groups is 2. The zero-order valence-corrected chi connectivity index (χ0v) is 18.6. The molecule has 0 saturated heterocycles. The predicted octanol–water partition coefficient (Wildman–Crippen LogP) is 5.50. The van der Waals surface area contributed by atoms with Crippen LogP contribution in [0.5, 0.6) is 11.5 Å². The van der Waals surface area contributed by atoms with E-state index in [4.69, 9.17) is 4.74 Å². The highest BCUT2D eigenvalue weighted by atomic mass is 127. The van der Waals surface area contributed by atoms with E-state index in [0.29, 0.717) is 17.2 Å². The van der Waals surface area contributed by atoms with Gasteiger partial charge in [0.25, 0.3) is 5.91 Å². The summed E-state index contributed by atoms with van der Waals surface area (Å²) in [6.07, 6.45) is -3.08. The van der Waals surface area contributed by atoms with Gasteiger partial charge in [0.15, 0.2) is 0 Å². The van der Waals surface area contributed by atoms with Crippen LogP contribution in [0.3, 0.4) is 0 Å². The van der Waals surface area contributed by atoms with Crippen molar-refractivity contribution in [3.8, 4) is 11.5 Å². The van der Waals surface area contributed by atoms with Crippen LogP contribution in [0.15, 0.2) is 60.8 Å². The Bertz CT molecular complexity index is 1140.